The van der Waals surface area contributed by atoms with E-state index in [1.807, 2.05) is 0 Å². The van der Waals surface area contributed by atoms with Gasteiger partial charge in [-0.3, -0.25) is 18.6 Å². The number of ether oxygens (including phenoxy) is 2. The van der Waals surface area contributed by atoms with E-state index in [-0.39, 0.29) is 13.0 Å². The molecule has 0 aliphatic rings. The van der Waals surface area contributed by atoms with E-state index >= 15 is 0 Å². The summed E-state index contributed by atoms with van der Waals surface area (Å²) >= 11 is 0. The van der Waals surface area contributed by atoms with E-state index in [2.05, 4.69) is 123 Å². The fourth-order valence-corrected chi connectivity index (χ4v) is 6.00. The third kappa shape index (κ3) is 42.6. The van der Waals surface area contributed by atoms with Gasteiger partial charge in [-0.2, -0.15) is 0 Å². The molecule has 0 fully saturated rings. The Kier molecular flexibility index (Phi) is 40.3. The summed E-state index contributed by atoms with van der Waals surface area (Å²) in [6.45, 7) is 3.46. The van der Waals surface area contributed by atoms with Crippen LogP contribution in [-0.4, -0.2) is 60.5 Å². The van der Waals surface area contributed by atoms with Gasteiger partial charge in [0.15, 0.2) is 0 Å². The topological polar surface area (TPSA) is 155 Å². The molecule has 59 heavy (non-hydrogen) atoms. The number of phosphoric acid groups is 1. The number of rotatable bonds is 40. The molecule has 0 saturated heterocycles. The smallest absolute Gasteiger partial charge is 0.472 e. The molecule has 334 valence electrons. The van der Waals surface area contributed by atoms with Crippen LogP contribution in [0.5, 0.6) is 0 Å². The molecule has 0 aromatic rings. The average Bonchev–Trinajstić information content (AvgIpc) is 3.21. The molecule has 0 radical (unpaired) electrons. The largest absolute Gasteiger partial charge is 0.480 e. The number of aliphatic carboxylic acids is 1. The summed E-state index contributed by atoms with van der Waals surface area (Å²) in [6.07, 6.45) is 57.3. The van der Waals surface area contributed by atoms with Crippen molar-refractivity contribution in [2.75, 3.05) is 26.4 Å². The highest BCUT2D eigenvalue weighted by Gasteiger charge is 2.27. The van der Waals surface area contributed by atoms with Crippen LogP contribution in [0.2, 0.25) is 0 Å². The number of phosphoric ester groups is 1. The second kappa shape index (κ2) is 42.7. The average molecular weight is 844 g/mol. The van der Waals surface area contributed by atoms with Gasteiger partial charge in [-0.05, 0) is 89.9 Å². The Bertz CT molecular complexity index is 1350. The van der Waals surface area contributed by atoms with Crippen molar-refractivity contribution in [1.82, 2.24) is 0 Å². The van der Waals surface area contributed by atoms with Gasteiger partial charge in [0.05, 0.1) is 19.8 Å². The molecule has 0 heterocycles. The molecule has 3 atom stereocenters. The van der Waals surface area contributed by atoms with Crippen LogP contribution in [-0.2, 0) is 32.7 Å². The Morgan fingerprint density at radius 3 is 1.39 bits per heavy atom. The molecular formula is C48H78NO9P. The summed E-state index contributed by atoms with van der Waals surface area (Å²) < 4.78 is 33.2. The number of nitrogens with two attached hydrogens (primary N) is 1. The lowest BCUT2D eigenvalue weighted by Crippen LogP contribution is -2.34. The number of carbonyl (C=O) groups is 2. The summed E-state index contributed by atoms with van der Waals surface area (Å²) in [5.41, 5.74) is 5.35. The lowest BCUT2D eigenvalue weighted by atomic mass is 10.1. The van der Waals surface area contributed by atoms with E-state index in [0.29, 0.717) is 13.0 Å². The molecule has 11 heteroatoms. The summed E-state index contributed by atoms with van der Waals surface area (Å²) in [4.78, 5) is 33.5. The number of unbranched alkanes of at least 4 members (excludes halogenated alkanes) is 8. The van der Waals surface area contributed by atoms with Crippen LogP contribution < -0.4 is 5.73 Å². The minimum atomic E-state index is -4.64. The lowest BCUT2D eigenvalue weighted by molar-refractivity contribution is -0.154. The van der Waals surface area contributed by atoms with Crippen molar-refractivity contribution in [3.8, 4) is 0 Å². The van der Waals surface area contributed by atoms with Crippen LogP contribution in [0.3, 0.4) is 0 Å². The zero-order chi connectivity index (χ0) is 43.3. The van der Waals surface area contributed by atoms with E-state index < -0.39 is 45.1 Å². The van der Waals surface area contributed by atoms with E-state index in [0.717, 1.165) is 103 Å². The van der Waals surface area contributed by atoms with Crippen molar-refractivity contribution in [1.29, 1.82) is 0 Å². The molecule has 0 aliphatic carbocycles. The number of carboxylic acids is 1. The first-order valence-corrected chi connectivity index (χ1v) is 23.4. The quantitative estimate of drug-likeness (QED) is 0.0235. The predicted octanol–water partition coefficient (Wildman–Crippen LogP) is 12.3. The molecule has 0 spiro atoms. The van der Waals surface area contributed by atoms with Gasteiger partial charge < -0.3 is 25.2 Å². The standard InChI is InChI=1S/C48H78NO9P/c1-3-5-7-9-11-13-15-17-19-20-21-22-23-24-25-26-27-28-30-32-34-36-38-40-47(50)58-45(43-56-59(53,54)57-44-46(49)48(51)52)42-55-41-39-37-35-33-31-29-18-16-14-12-10-8-6-4-2/h5-8,11-14,17-19,21-22,24-25,29,33,35,45-46H,3-4,9-10,15-16,20,23,26-28,30-32,34,36-44,49H2,1-2H3,(H,51,52)(H,53,54)/b7-5-,8-6-,13-11-,14-12-,19-17-,22-21-,25-24-,29-18-,35-33-. The normalized spacial score (nSPS) is 14.9. The summed E-state index contributed by atoms with van der Waals surface area (Å²) in [5, 5.41) is 8.90. The number of hydrogen-bond acceptors (Lipinski definition) is 8. The van der Waals surface area contributed by atoms with Gasteiger partial charge in [0.25, 0.3) is 0 Å². The molecular weight excluding hydrogens is 766 g/mol. The Balaban J connectivity index is 4.32. The summed E-state index contributed by atoms with van der Waals surface area (Å²) in [5.74, 6) is -1.83. The molecule has 3 unspecified atom stereocenters. The monoisotopic (exact) mass is 844 g/mol. The van der Waals surface area contributed by atoms with Gasteiger partial charge >= 0.3 is 19.8 Å². The van der Waals surface area contributed by atoms with Crippen LogP contribution in [0.25, 0.3) is 0 Å². The van der Waals surface area contributed by atoms with Gasteiger partial charge in [-0.1, -0.05) is 155 Å². The second-order valence-corrected chi connectivity index (χ2v) is 15.5. The van der Waals surface area contributed by atoms with E-state index in [9.17, 15) is 19.0 Å². The maximum atomic E-state index is 12.6. The maximum Gasteiger partial charge on any atom is 0.472 e. The number of hydrogen-bond donors (Lipinski definition) is 3. The van der Waals surface area contributed by atoms with Crippen molar-refractivity contribution in [3.05, 3.63) is 109 Å². The first-order valence-electron chi connectivity index (χ1n) is 21.9. The fourth-order valence-electron chi connectivity index (χ4n) is 5.22. The third-order valence-electron chi connectivity index (χ3n) is 8.55. The minimum Gasteiger partial charge on any atom is -0.480 e. The Morgan fingerprint density at radius 2 is 0.932 bits per heavy atom. The molecule has 10 nitrogen and oxygen atoms in total. The molecule has 0 bridgehead atoms. The molecule has 4 N–H and O–H groups in total. The zero-order valence-corrected chi connectivity index (χ0v) is 37.2. The van der Waals surface area contributed by atoms with Gasteiger partial charge in [-0.25, -0.2) is 4.57 Å². The first-order chi connectivity index (χ1) is 28.7. The van der Waals surface area contributed by atoms with E-state index in [1.165, 1.54) is 12.8 Å². The molecule has 0 aromatic carbocycles. The molecule has 0 rings (SSSR count). The Hall–Kier alpha value is -3.37. The van der Waals surface area contributed by atoms with Crippen molar-refractivity contribution in [2.24, 2.45) is 5.73 Å². The molecule has 0 aromatic heterocycles. The summed E-state index contributed by atoms with van der Waals surface area (Å²) in [6, 6.07) is -1.49. The first kappa shape index (κ1) is 55.6. The summed E-state index contributed by atoms with van der Waals surface area (Å²) in [7, 11) is -4.64. The Labute approximate surface area is 357 Å². The number of allylic oxidation sites excluding steroid dienone is 18. The van der Waals surface area contributed by atoms with Crippen LogP contribution in [0.4, 0.5) is 0 Å². The molecule has 0 amide bonds. The zero-order valence-electron chi connectivity index (χ0n) is 36.3. The van der Waals surface area contributed by atoms with Crippen molar-refractivity contribution in [2.45, 2.75) is 154 Å². The van der Waals surface area contributed by atoms with Crippen molar-refractivity contribution >= 4 is 19.8 Å². The van der Waals surface area contributed by atoms with Crippen LogP contribution in [0.15, 0.2) is 109 Å². The highest BCUT2D eigenvalue weighted by Crippen LogP contribution is 2.43. The number of carboxylic acid groups (broad SMARTS) is 1. The Morgan fingerprint density at radius 1 is 0.542 bits per heavy atom. The van der Waals surface area contributed by atoms with Crippen LogP contribution in [0, 0.1) is 0 Å². The second-order valence-electron chi connectivity index (χ2n) is 14.1. The highest BCUT2D eigenvalue weighted by atomic mass is 31.2. The van der Waals surface area contributed by atoms with Crippen molar-refractivity contribution in [3.63, 3.8) is 0 Å². The molecule has 0 saturated carbocycles. The lowest BCUT2D eigenvalue weighted by Gasteiger charge is -2.20. The maximum absolute atomic E-state index is 12.6. The van der Waals surface area contributed by atoms with Crippen molar-refractivity contribution < 1.29 is 42.7 Å². The number of carbonyl (C=O) groups excluding carboxylic acids is 1. The third-order valence-corrected chi connectivity index (χ3v) is 9.50. The van der Waals surface area contributed by atoms with Crippen LogP contribution in [0.1, 0.15) is 142 Å². The molecule has 0 aliphatic heterocycles. The fraction of sp³-hybridized carbons (Fsp3) is 0.583. The van der Waals surface area contributed by atoms with Gasteiger partial charge in [-0.15, -0.1) is 0 Å². The SMILES string of the molecule is CC/C=C\C/C=C\C/C=C\C/C=C\C/C=C\CCCCCCCCCC(=O)OC(COCCC/C=C\C/C=C\C/C=C\C/C=C\CC)COP(=O)(O)OCC(N)C(=O)O. The van der Waals surface area contributed by atoms with Crippen LogP contribution >= 0.6 is 7.82 Å². The highest BCUT2D eigenvalue weighted by molar-refractivity contribution is 7.47. The van der Waals surface area contributed by atoms with Gasteiger partial charge in [0.2, 0.25) is 0 Å². The predicted molar refractivity (Wildman–Crippen MR) is 244 cm³/mol. The van der Waals surface area contributed by atoms with Gasteiger partial charge in [0, 0.05) is 13.0 Å². The van der Waals surface area contributed by atoms with E-state index in [4.69, 9.17) is 29.4 Å². The minimum absolute atomic E-state index is 0.0335. The van der Waals surface area contributed by atoms with Gasteiger partial charge in [0.1, 0.15) is 12.1 Å². The number of esters is 1. The van der Waals surface area contributed by atoms with E-state index in [1.54, 1.807) is 0 Å².